The highest BCUT2D eigenvalue weighted by atomic mass is 32.1. The first-order valence-electron chi connectivity index (χ1n) is 6.88. The van der Waals surface area contributed by atoms with E-state index in [9.17, 15) is 4.79 Å². The fourth-order valence-corrected chi connectivity index (χ4v) is 3.14. The molecule has 0 radical (unpaired) electrons. The molecule has 0 aliphatic carbocycles. The summed E-state index contributed by atoms with van der Waals surface area (Å²) in [4.78, 5) is 16.8. The van der Waals surface area contributed by atoms with Crippen molar-refractivity contribution in [3.63, 3.8) is 0 Å². The van der Waals surface area contributed by atoms with Gasteiger partial charge in [-0.1, -0.05) is 36.7 Å². The summed E-state index contributed by atoms with van der Waals surface area (Å²) in [7, 11) is 1.62. The summed E-state index contributed by atoms with van der Waals surface area (Å²) >= 11 is 1.46. The van der Waals surface area contributed by atoms with Crippen molar-refractivity contribution in [3.05, 3.63) is 23.0 Å². The summed E-state index contributed by atoms with van der Waals surface area (Å²) in [5, 5.41) is 0. The average Bonchev–Trinajstić information content (AvgIpc) is 2.83. The minimum absolute atomic E-state index is 0.104. The lowest BCUT2D eigenvalue weighted by Gasteiger charge is -2.05. The van der Waals surface area contributed by atoms with Crippen molar-refractivity contribution in [1.29, 1.82) is 0 Å². The molecule has 4 nitrogen and oxygen atoms in total. The van der Waals surface area contributed by atoms with Crippen LogP contribution in [0.4, 0.5) is 0 Å². The van der Waals surface area contributed by atoms with Gasteiger partial charge in [-0.15, -0.1) is 6.42 Å². The van der Waals surface area contributed by atoms with Crippen LogP contribution in [0.5, 0.6) is 5.75 Å². The number of rotatable bonds is 5. The van der Waals surface area contributed by atoms with Crippen LogP contribution in [-0.2, 0) is 11.3 Å². The lowest BCUT2D eigenvalue weighted by Crippen LogP contribution is -2.16. The largest absolute Gasteiger partial charge is 0.495 e. The van der Waals surface area contributed by atoms with E-state index in [1.165, 1.54) is 11.3 Å². The van der Waals surface area contributed by atoms with Gasteiger partial charge < -0.3 is 9.30 Å². The maximum Gasteiger partial charge on any atom is 0.248 e. The summed E-state index contributed by atoms with van der Waals surface area (Å²) in [5.74, 6) is 3.25. The lowest BCUT2D eigenvalue weighted by atomic mass is 10.2. The van der Waals surface area contributed by atoms with E-state index in [4.69, 9.17) is 11.2 Å². The Labute approximate surface area is 128 Å². The number of amides is 1. The smallest absolute Gasteiger partial charge is 0.248 e. The Balaban J connectivity index is 2.58. The van der Waals surface area contributed by atoms with E-state index in [1.807, 2.05) is 22.8 Å². The first kappa shape index (κ1) is 15.3. The molecular weight excluding hydrogens is 284 g/mol. The van der Waals surface area contributed by atoms with Crippen molar-refractivity contribution in [2.75, 3.05) is 7.11 Å². The summed E-state index contributed by atoms with van der Waals surface area (Å²) < 4.78 is 8.26. The summed E-state index contributed by atoms with van der Waals surface area (Å²) in [5.41, 5.74) is 0.894. The van der Waals surface area contributed by atoms with Gasteiger partial charge in [0.1, 0.15) is 11.3 Å². The zero-order chi connectivity index (χ0) is 15.2. The molecule has 0 atom stereocenters. The number of thiazole rings is 1. The van der Waals surface area contributed by atoms with Crippen LogP contribution in [0.2, 0.25) is 0 Å². The predicted molar refractivity (Wildman–Crippen MR) is 85.3 cm³/mol. The van der Waals surface area contributed by atoms with E-state index >= 15 is 0 Å². The molecule has 0 unspecified atom stereocenters. The Morgan fingerprint density at radius 3 is 3.00 bits per heavy atom. The molecule has 0 saturated heterocycles. The maximum absolute atomic E-state index is 11.9. The van der Waals surface area contributed by atoms with E-state index in [0.29, 0.717) is 17.8 Å². The molecule has 1 heterocycles. The van der Waals surface area contributed by atoms with Gasteiger partial charge in [0.2, 0.25) is 5.91 Å². The molecule has 0 fully saturated rings. The number of benzene rings is 1. The molecule has 0 saturated carbocycles. The molecule has 0 spiro atoms. The zero-order valence-electron chi connectivity index (χ0n) is 12.3. The second kappa shape index (κ2) is 7.09. The topological polar surface area (TPSA) is 43.6 Å². The van der Waals surface area contributed by atoms with Crippen LogP contribution >= 0.6 is 11.3 Å². The van der Waals surface area contributed by atoms with E-state index in [-0.39, 0.29) is 5.91 Å². The number of hydrogen-bond acceptors (Lipinski definition) is 3. The van der Waals surface area contributed by atoms with Crippen LogP contribution in [0.25, 0.3) is 10.2 Å². The quantitative estimate of drug-likeness (QED) is 0.797. The minimum atomic E-state index is -0.104. The first-order valence-corrected chi connectivity index (χ1v) is 7.70. The van der Waals surface area contributed by atoms with Crippen LogP contribution in [0.15, 0.2) is 23.2 Å². The number of terminal acetylenes is 1. The van der Waals surface area contributed by atoms with E-state index < -0.39 is 0 Å². The Bertz CT molecular complexity index is 750. The molecule has 2 aromatic rings. The Morgan fingerprint density at radius 2 is 2.33 bits per heavy atom. The normalized spacial score (nSPS) is 11.6. The monoisotopic (exact) mass is 302 g/mol. The Hall–Kier alpha value is -2.06. The number of hydrogen-bond donors (Lipinski definition) is 0. The highest BCUT2D eigenvalue weighted by molar-refractivity contribution is 7.16. The molecule has 0 aliphatic rings. The summed E-state index contributed by atoms with van der Waals surface area (Å²) in [6.07, 6.45) is 7.75. The van der Waals surface area contributed by atoms with Crippen LogP contribution in [0.1, 0.15) is 26.2 Å². The van der Waals surface area contributed by atoms with Gasteiger partial charge in [0.15, 0.2) is 4.80 Å². The maximum atomic E-state index is 11.9. The van der Waals surface area contributed by atoms with Crippen LogP contribution in [0, 0.1) is 12.3 Å². The predicted octanol–water partition coefficient (Wildman–Crippen LogP) is 2.96. The van der Waals surface area contributed by atoms with Gasteiger partial charge in [-0.05, 0) is 18.6 Å². The minimum Gasteiger partial charge on any atom is -0.495 e. The number of ether oxygens (including phenoxy) is 1. The van der Waals surface area contributed by atoms with Gasteiger partial charge >= 0.3 is 0 Å². The van der Waals surface area contributed by atoms with E-state index in [0.717, 1.165) is 28.8 Å². The first-order chi connectivity index (χ1) is 10.2. The number of unbranched alkanes of at least 4 members (excludes halogenated alkanes) is 1. The number of nitrogens with zero attached hydrogens (tertiary/aromatic N) is 2. The van der Waals surface area contributed by atoms with Gasteiger partial charge in [-0.3, -0.25) is 4.79 Å². The van der Waals surface area contributed by atoms with E-state index in [1.54, 1.807) is 7.11 Å². The van der Waals surface area contributed by atoms with Crippen molar-refractivity contribution in [2.45, 2.75) is 32.7 Å². The lowest BCUT2D eigenvalue weighted by molar-refractivity contribution is -0.118. The zero-order valence-corrected chi connectivity index (χ0v) is 13.1. The molecule has 110 valence electrons. The van der Waals surface area contributed by atoms with Crippen molar-refractivity contribution in [3.8, 4) is 18.1 Å². The van der Waals surface area contributed by atoms with Crippen LogP contribution in [0.3, 0.4) is 0 Å². The number of carbonyl (C=O) groups is 1. The highest BCUT2D eigenvalue weighted by Crippen LogP contribution is 2.27. The molecule has 5 heteroatoms. The van der Waals surface area contributed by atoms with Gasteiger partial charge in [-0.25, -0.2) is 0 Å². The Morgan fingerprint density at radius 1 is 1.52 bits per heavy atom. The number of aromatic nitrogens is 1. The third-order valence-electron chi connectivity index (χ3n) is 3.10. The molecule has 1 amide bonds. The van der Waals surface area contributed by atoms with Crippen molar-refractivity contribution < 1.29 is 9.53 Å². The SMILES string of the molecule is C#CCn1c(=NC(=O)CCCC)sc2cccc(OC)c21. The molecule has 2 rings (SSSR count). The number of para-hydroxylation sites is 1. The van der Waals surface area contributed by atoms with Gasteiger partial charge in [0.25, 0.3) is 0 Å². The highest BCUT2D eigenvalue weighted by Gasteiger charge is 2.11. The molecule has 1 aromatic heterocycles. The third kappa shape index (κ3) is 3.34. The summed E-state index contributed by atoms with van der Waals surface area (Å²) in [6.45, 7) is 2.41. The van der Waals surface area contributed by atoms with E-state index in [2.05, 4.69) is 17.8 Å². The van der Waals surface area contributed by atoms with Crippen LogP contribution < -0.4 is 9.54 Å². The molecular formula is C16H18N2O2S. The number of methoxy groups -OCH3 is 1. The van der Waals surface area contributed by atoms with Gasteiger partial charge in [-0.2, -0.15) is 4.99 Å². The summed E-state index contributed by atoms with van der Waals surface area (Å²) in [6, 6.07) is 5.77. The molecule has 0 bridgehead atoms. The Kier molecular flexibility index (Phi) is 5.18. The third-order valence-corrected chi connectivity index (χ3v) is 4.14. The molecule has 21 heavy (non-hydrogen) atoms. The van der Waals surface area contributed by atoms with Crippen molar-refractivity contribution >= 4 is 27.5 Å². The molecule has 0 aliphatic heterocycles. The van der Waals surface area contributed by atoms with Crippen molar-refractivity contribution in [2.24, 2.45) is 4.99 Å². The molecule has 0 N–H and O–H groups in total. The number of fused-ring (bicyclic) bond motifs is 1. The average molecular weight is 302 g/mol. The van der Waals surface area contributed by atoms with Crippen LogP contribution in [-0.4, -0.2) is 17.6 Å². The molecule has 1 aromatic carbocycles. The fourth-order valence-electron chi connectivity index (χ4n) is 2.08. The second-order valence-electron chi connectivity index (χ2n) is 4.59. The van der Waals surface area contributed by atoms with Crippen molar-refractivity contribution in [1.82, 2.24) is 4.57 Å². The standard InChI is InChI=1S/C16H18N2O2S/c1-4-6-10-14(19)17-16-18(11-5-2)15-12(20-3)8-7-9-13(15)21-16/h2,7-9H,4,6,10-11H2,1,3H3. The van der Waals surface area contributed by atoms with Gasteiger partial charge in [0.05, 0.1) is 18.4 Å². The fraction of sp³-hybridized carbons (Fsp3) is 0.375. The number of carbonyl (C=O) groups excluding carboxylic acids is 1. The second-order valence-corrected chi connectivity index (χ2v) is 5.60. The van der Waals surface area contributed by atoms with Gasteiger partial charge in [0, 0.05) is 6.42 Å².